The number of para-hydroxylation sites is 1. The molecule has 0 unspecified atom stereocenters. The molecule has 2 aromatic rings. The summed E-state index contributed by atoms with van der Waals surface area (Å²) < 4.78 is 31.9. The molecule has 1 N–H and O–H groups in total. The fourth-order valence-corrected chi connectivity index (χ4v) is 5.58. The standard InChI is InChI=1S/C29H30FNO5/c1-17-26(29(33)36-16-19-8-7-13-35-19)27(21-10-3-5-11-22(21)30)28-23(31-17)14-18(15-24(28)32)20-9-4-6-12-25(20)34-2/h3-6,9-12,18-19,27,31H,7-8,13-16H2,1-2H3/t18-,19-,27+/m0/s1. The van der Waals surface area contributed by atoms with Gasteiger partial charge in [-0.3, -0.25) is 4.79 Å². The number of ether oxygens (including phenoxy) is 3. The van der Waals surface area contributed by atoms with E-state index in [1.165, 1.54) is 6.07 Å². The van der Waals surface area contributed by atoms with E-state index in [1.54, 1.807) is 32.2 Å². The van der Waals surface area contributed by atoms with Crippen LogP contribution in [0.4, 0.5) is 4.39 Å². The molecule has 0 amide bonds. The quantitative estimate of drug-likeness (QED) is 0.579. The molecule has 1 saturated heterocycles. The molecule has 5 rings (SSSR count). The highest BCUT2D eigenvalue weighted by Crippen LogP contribution is 2.47. The van der Waals surface area contributed by atoms with Gasteiger partial charge in [-0.25, -0.2) is 9.18 Å². The van der Waals surface area contributed by atoms with Crippen molar-refractivity contribution in [1.29, 1.82) is 0 Å². The van der Waals surface area contributed by atoms with Crippen molar-refractivity contribution in [2.45, 2.75) is 50.5 Å². The number of methoxy groups -OCH3 is 1. The van der Waals surface area contributed by atoms with Crippen molar-refractivity contribution in [2.24, 2.45) is 0 Å². The SMILES string of the molecule is COc1ccccc1[C@@H]1CC(=O)C2=C(C1)NC(C)=C(C(=O)OC[C@@H]1CCCO1)[C@H]2c1ccccc1F. The van der Waals surface area contributed by atoms with Crippen LogP contribution in [0.15, 0.2) is 71.1 Å². The minimum absolute atomic E-state index is 0.0954. The number of ketones is 1. The van der Waals surface area contributed by atoms with Crippen LogP contribution in [0.3, 0.4) is 0 Å². The molecular weight excluding hydrogens is 461 g/mol. The van der Waals surface area contributed by atoms with Gasteiger partial charge in [0, 0.05) is 41.5 Å². The molecule has 1 aliphatic carbocycles. The predicted octanol–water partition coefficient (Wildman–Crippen LogP) is 4.92. The number of carbonyl (C=O) groups excluding carboxylic acids is 2. The molecule has 3 atom stereocenters. The van der Waals surface area contributed by atoms with E-state index in [9.17, 15) is 9.59 Å². The normalized spacial score (nSPS) is 23.9. The highest BCUT2D eigenvalue weighted by atomic mass is 19.1. The molecule has 0 radical (unpaired) electrons. The van der Waals surface area contributed by atoms with Crippen molar-refractivity contribution in [3.8, 4) is 5.75 Å². The van der Waals surface area contributed by atoms with Crippen LogP contribution < -0.4 is 10.1 Å². The number of dihydropyridines is 1. The van der Waals surface area contributed by atoms with E-state index in [1.807, 2.05) is 24.3 Å². The third-order valence-electron chi connectivity index (χ3n) is 7.27. The number of hydrogen-bond acceptors (Lipinski definition) is 6. The molecule has 1 fully saturated rings. The maximum atomic E-state index is 15.1. The van der Waals surface area contributed by atoms with Crippen molar-refractivity contribution in [1.82, 2.24) is 5.32 Å². The van der Waals surface area contributed by atoms with E-state index < -0.39 is 17.7 Å². The van der Waals surface area contributed by atoms with E-state index in [0.29, 0.717) is 35.6 Å². The average Bonchev–Trinajstić information content (AvgIpc) is 3.40. The number of carbonyl (C=O) groups is 2. The van der Waals surface area contributed by atoms with Gasteiger partial charge in [-0.15, -0.1) is 0 Å². The van der Waals surface area contributed by atoms with Gasteiger partial charge >= 0.3 is 5.97 Å². The van der Waals surface area contributed by atoms with Crippen molar-refractivity contribution < 1.29 is 28.2 Å². The lowest BCUT2D eigenvalue weighted by Gasteiger charge is -2.37. The van der Waals surface area contributed by atoms with Crippen LogP contribution in [0.1, 0.15) is 55.6 Å². The Morgan fingerprint density at radius 3 is 2.58 bits per heavy atom. The van der Waals surface area contributed by atoms with Gasteiger partial charge < -0.3 is 19.5 Å². The molecule has 0 bridgehead atoms. The predicted molar refractivity (Wildman–Crippen MR) is 132 cm³/mol. The van der Waals surface area contributed by atoms with Gasteiger partial charge in [0.1, 0.15) is 18.2 Å². The molecule has 188 valence electrons. The maximum Gasteiger partial charge on any atom is 0.336 e. The monoisotopic (exact) mass is 491 g/mol. The first-order chi connectivity index (χ1) is 17.5. The molecule has 0 spiro atoms. The lowest BCUT2D eigenvalue weighted by atomic mass is 9.71. The van der Waals surface area contributed by atoms with Crippen LogP contribution in [0.5, 0.6) is 5.75 Å². The zero-order valence-corrected chi connectivity index (χ0v) is 20.5. The number of hydrogen-bond donors (Lipinski definition) is 1. The summed E-state index contributed by atoms with van der Waals surface area (Å²) in [6.07, 6.45) is 2.41. The van der Waals surface area contributed by atoms with E-state index in [2.05, 4.69) is 5.32 Å². The Kier molecular flexibility index (Phi) is 6.92. The molecular formula is C29H30FNO5. The minimum atomic E-state index is -0.842. The number of Topliss-reactive ketones (excluding diaryl/α,β-unsaturated/α-hetero) is 1. The Hall–Kier alpha value is -3.45. The van der Waals surface area contributed by atoms with Gasteiger partial charge in [-0.1, -0.05) is 36.4 Å². The Labute approximate surface area is 210 Å². The Morgan fingerprint density at radius 2 is 1.86 bits per heavy atom. The molecule has 2 heterocycles. The molecule has 2 aliphatic heterocycles. The highest BCUT2D eigenvalue weighted by Gasteiger charge is 2.42. The summed E-state index contributed by atoms with van der Waals surface area (Å²) in [6.45, 7) is 2.56. The highest BCUT2D eigenvalue weighted by molar-refractivity contribution is 6.04. The molecule has 36 heavy (non-hydrogen) atoms. The van der Waals surface area contributed by atoms with E-state index in [4.69, 9.17) is 14.2 Å². The maximum absolute atomic E-state index is 15.1. The molecule has 0 saturated carbocycles. The summed E-state index contributed by atoms with van der Waals surface area (Å²) in [4.78, 5) is 27.1. The third kappa shape index (κ3) is 4.55. The van der Waals surface area contributed by atoms with Crippen LogP contribution in [0.2, 0.25) is 0 Å². The van der Waals surface area contributed by atoms with E-state index in [0.717, 1.165) is 24.2 Å². The zero-order chi connectivity index (χ0) is 25.2. The number of rotatable bonds is 6. The fourth-order valence-electron chi connectivity index (χ4n) is 5.58. The van der Waals surface area contributed by atoms with Gasteiger partial charge in [-0.2, -0.15) is 0 Å². The van der Waals surface area contributed by atoms with Crippen LogP contribution in [-0.2, 0) is 19.1 Å². The van der Waals surface area contributed by atoms with Gasteiger partial charge in [0.05, 0.1) is 24.7 Å². The summed E-state index contributed by atoms with van der Waals surface area (Å²) in [7, 11) is 1.61. The molecule has 2 aromatic carbocycles. The second-order valence-corrected chi connectivity index (χ2v) is 9.51. The third-order valence-corrected chi connectivity index (χ3v) is 7.27. The number of esters is 1. The van der Waals surface area contributed by atoms with Gasteiger partial charge in [0.25, 0.3) is 0 Å². The first-order valence-electron chi connectivity index (χ1n) is 12.4. The lowest BCUT2D eigenvalue weighted by molar-refractivity contribution is -0.142. The second kappa shape index (κ2) is 10.3. The largest absolute Gasteiger partial charge is 0.496 e. The van der Waals surface area contributed by atoms with Crippen LogP contribution in [0, 0.1) is 5.82 Å². The molecule has 0 aromatic heterocycles. The summed E-state index contributed by atoms with van der Waals surface area (Å²) in [6, 6.07) is 14.0. The molecule has 7 heteroatoms. The number of nitrogens with one attached hydrogen (secondary N) is 1. The van der Waals surface area contributed by atoms with Gasteiger partial charge in [0.15, 0.2) is 5.78 Å². The summed E-state index contributed by atoms with van der Waals surface area (Å²) in [5, 5.41) is 3.31. The van der Waals surface area contributed by atoms with Crippen LogP contribution in [0.25, 0.3) is 0 Å². The van der Waals surface area contributed by atoms with E-state index >= 15 is 4.39 Å². The van der Waals surface area contributed by atoms with Crippen molar-refractivity contribution in [3.63, 3.8) is 0 Å². The summed E-state index contributed by atoms with van der Waals surface area (Å²) >= 11 is 0. The van der Waals surface area contributed by atoms with E-state index in [-0.39, 0.29) is 36.4 Å². The average molecular weight is 492 g/mol. The summed E-state index contributed by atoms with van der Waals surface area (Å²) in [5.41, 5.74) is 3.21. The Morgan fingerprint density at radius 1 is 1.11 bits per heavy atom. The second-order valence-electron chi connectivity index (χ2n) is 9.51. The van der Waals surface area contributed by atoms with Crippen LogP contribution in [-0.4, -0.2) is 38.2 Å². The molecule has 3 aliphatic rings. The van der Waals surface area contributed by atoms with Gasteiger partial charge in [0.2, 0.25) is 0 Å². The van der Waals surface area contributed by atoms with Crippen LogP contribution >= 0.6 is 0 Å². The van der Waals surface area contributed by atoms with Crippen molar-refractivity contribution in [2.75, 3.05) is 20.3 Å². The fraction of sp³-hybridized carbons (Fsp3) is 0.379. The first kappa shape index (κ1) is 24.3. The zero-order valence-electron chi connectivity index (χ0n) is 20.5. The number of halogens is 1. The van der Waals surface area contributed by atoms with Crippen molar-refractivity contribution >= 4 is 11.8 Å². The van der Waals surface area contributed by atoms with Crippen molar-refractivity contribution in [3.05, 3.63) is 88.0 Å². The Bertz CT molecular complexity index is 1240. The number of allylic oxidation sites excluding steroid dienone is 3. The summed E-state index contributed by atoms with van der Waals surface area (Å²) in [5.74, 6) is -1.35. The Balaban J connectivity index is 1.52. The molecule has 6 nitrogen and oxygen atoms in total. The van der Waals surface area contributed by atoms with Gasteiger partial charge in [-0.05, 0) is 43.9 Å². The minimum Gasteiger partial charge on any atom is -0.496 e. The first-order valence-corrected chi connectivity index (χ1v) is 12.4. The number of benzene rings is 2. The smallest absolute Gasteiger partial charge is 0.336 e. The lowest BCUT2D eigenvalue weighted by Crippen LogP contribution is -2.36. The topological polar surface area (TPSA) is 73.9 Å².